The van der Waals surface area contributed by atoms with Gasteiger partial charge in [-0.25, -0.2) is 9.78 Å². The Morgan fingerprint density at radius 3 is 2.70 bits per heavy atom. The lowest BCUT2D eigenvalue weighted by molar-refractivity contribution is -0.160. The van der Waals surface area contributed by atoms with Crippen molar-refractivity contribution in [3.63, 3.8) is 0 Å². The van der Waals surface area contributed by atoms with Crippen molar-refractivity contribution >= 4 is 39.5 Å². The first-order valence-corrected chi connectivity index (χ1v) is 9.76. The first-order chi connectivity index (χ1) is 13.0. The number of aromatic nitrogens is 1. The zero-order valence-corrected chi connectivity index (χ0v) is 16.1. The van der Waals surface area contributed by atoms with Crippen LogP contribution in [0.15, 0.2) is 24.3 Å². The summed E-state index contributed by atoms with van der Waals surface area (Å²) in [7, 11) is 1.16. The number of imide groups is 1. The van der Waals surface area contributed by atoms with Gasteiger partial charge in [-0.05, 0) is 31.9 Å². The minimum Gasteiger partial charge on any atom is -0.453 e. The molecule has 3 rings (SSSR count). The van der Waals surface area contributed by atoms with E-state index in [-0.39, 0.29) is 11.8 Å². The molecule has 7 nitrogen and oxygen atoms in total. The summed E-state index contributed by atoms with van der Waals surface area (Å²) in [5.41, 5.74) is 0.931. The fraction of sp³-hybridized carbons (Fsp3) is 0.474. The summed E-state index contributed by atoms with van der Waals surface area (Å²) in [4.78, 5) is 40.5. The Hall–Kier alpha value is -2.48. The quantitative estimate of drug-likeness (QED) is 0.804. The van der Waals surface area contributed by atoms with Crippen LogP contribution in [-0.4, -0.2) is 36.2 Å². The molecule has 1 N–H and O–H groups in total. The predicted molar refractivity (Wildman–Crippen MR) is 100 cm³/mol. The average Bonchev–Trinajstić information content (AvgIpc) is 3.11. The van der Waals surface area contributed by atoms with Gasteiger partial charge < -0.3 is 9.47 Å². The average molecular weight is 390 g/mol. The van der Waals surface area contributed by atoms with Crippen molar-refractivity contribution in [2.24, 2.45) is 5.92 Å². The molecule has 0 unspecified atom stereocenters. The van der Waals surface area contributed by atoms with Crippen LogP contribution in [0.5, 0.6) is 0 Å². The molecule has 1 aliphatic carbocycles. The third-order valence-electron chi connectivity index (χ3n) is 4.77. The number of carbonyl (C=O) groups excluding carboxylic acids is 3. The van der Waals surface area contributed by atoms with Gasteiger partial charge in [0.05, 0.1) is 28.3 Å². The number of hydrogen-bond acceptors (Lipinski definition) is 7. The highest BCUT2D eigenvalue weighted by Gasteiger charge is 2.36. The van der Waals surface area contributed by atoms with Crippen molar-refractivity contribution in [3.8, 4) is 0 Å². The molecule has 0 saturated heterocycles. The van der Waals surface area contributed by atoms with E-state index in [4.69, 9.17) is 9.72 Å². The number of fused-ring (bicyclic) bond motifs is 1. The van der Waals surface area contributed by atoms with Crippen LogP contribution >= 0.6 is 11.3 Å². The van der Waals surface area contributed by atoms with Crippen LogP contribution in [0.25, 0.3) is 10.2 Å². The van der Waals surface area contributed by atoms with E-state index in [1.807, 2.05) is 29.6 Å². The molecular formula is C19H22N2O5S. The molecule has 0 aliphatic heterocycles. The molecule has 144 valence electrons. The third kappa shape index (κ3) is 4.44. The molecule has 0 spiro atoms. The first-order valence-electron chi connectivity index (χ1n) is 8.94. The molecule has 2 amide bonds. The number of methoxy groups -OCH3 is 1. The normalized spacial score (nSPS) is 20.7. The van der Waals surface area contributed by atoms with E-state index < -0.39 is 24.1 Å². The Kier molecular flexibility index (Phi) is 6.05. The van der Waals surface area contributed by atoms with E-state index in [0.29, 0.717) is 6.42 Å². The minimum atomic E-state index is -1.07. The molecule has 3 atom stereocenters. The SMILES string of the molecule is COC(=O)NC(=O)[C@H](C)OC(=O)[C@@H]1CCCC[C@@H]1c1nc2ccccc2s1. The molecule has 1 saturated carbocycles. The van der Waals surface area contributed by atoms with Crippen LogP contribution in [-0.2, 0) is 19.1 Å². The zero-order valence-electron chi connectivity index (χ0n) is 15.3. The number of amides is 2. The fourth-order valence-electron chi connectivity index (χ4n) is 3.33. The van der Waals surface area contributed by atoms with Gasteiger partial charge >= 0.3 is 12.1 Å². The molecule has 2 aromatic rings. The number of benzene rings is 1. The summed E-state index contributed by atoms with van der Waals surface area (Å²) in [6.07, 6.45) is 1.57. The highest BCUT2D eigenvalue weighted by Crippen LogP contribution is 2.41. The second kappa shape index (κ2) is 8.47. The van der Waals surface area contributed by atoms with E-state index in [2.05, 4.69) is 4.74 Å². The Bertz CT molecular complexity index is 816. The highest BCUT2D eigenvalue weighted by atomic mass is 32.1. The van der Waals surface area contributed by atoms with Gasteiger partial charge in [0.1, 0.15) is 0 Å². The van der Waals surface area contributed by atoms with Crippen LogP contribution in [0, 0.1) is 5.92 Å². The predicted octanol–water partition coefficient (Wildman–Crippen LogP) is 3.38. The van der Waals surface area contributed by atoms with Crippen LogP contribution < -0.4 is 5.32 Å². The lowest BCUT2D eigenvalue weighted by atomic mass is 9.79. The van der Waals surface area contributed by atoms with E-state index in [0.717, 1.165) is 41.6 Å². The summed E-state index contributed by atoms with van der Waals surface area (Å²) in [6.45, 7) is 1.44. The van der Waals surface area contributed by atoms with Crippen molar-refractivity contribution in [1.82, 2.24) is 10.3 Å². The molecule has 0 radical (unpaired) electrons. The molecule has 1 fully saturated rings. The number of para-hydroxylation sites is 1. The standard InChI is InChI=1S/C19H22N2O5S/c1-11(16(22)21-19(24)25-2)26-18(23)13-8-4-3-7-12(13)17-20-14-9-5-6-10-15(14)27-17/h5-6,9-13H,3-4,7-8H2,1-2H3,(H,21,22,24)/t11-,12-,13+/m0/s1. The molecule has 1 aromatic heterocycles. The maximum atomic E-state index is 12.7. The third-order valence-corrected chi connectivity index (χ3v) is 5.94. The maximum absolute atomic E-state index is 12.7. The van der Waals surface area contributed by atoms with E-state index in [1.54, 1.807) is 11.3 Å². The fourth-order valence-corrected chi connectivity index (χ4v) is 4.49. The Balaban J connectivity index is 1.71. The summed E-state index contributed by atoms with van der Waals surface area (Å²) in [5.74, 6) is -1.48. The Morgan fingerprint density at radius 2 is 1.96 bits per heavy atom. The van der Waals surface area contributed by atoms with Crippen molar-refractivity contribution in [2.45, 2.75) is 44.6 Å². The second-order valence-corrected chi connectivity index (χ2v) is 7.64. The molecular weight excluding hydrogens is 368 g/mol. The molecule has 1 aromatic carbocycles. The first kappa shape index (κ1) is 19.3. The van der Waals surface area contributed by atoms with Gasteiger partial charge in [-0.15, -0.1) is 11.3 Å². The van der Waals surface area contributed by atoms with Crippen molar-refractivity contribution in [2.75, 3.05) is 7.11 Å². The van der Waals surface area contributed by atoms with Crippen LogP contribution in [0.2, 0.25) is 0 Å². The largest absolute Gasteiger partial charge is 0.453 e. The second-order valence-electron chi connectivity index (χ2n) is 6.58. The maximum Gasteiger partial charge on any atom is 0.413 e. The van der Waals surface area contributed by atoms with Crippen molar-refractivity contribution in [1.29, 1.82) is 0 Å². The Labute approximate surface area is 161 Å². The Morgan fingerprint density at radius 1 is 1.22 bits per heavy atom. The molecule has 1 aliphatic rings. The van der Waals surface area contributed by atoms with Crippen LogP contribution in [0.3, 0.4) is 0 Å². The lowest BCUT2D eigenvalue weighted by Gasteiger charge is -2.29. The van der Waals surface area contributed by atoms with Crippen molar-refractivity contribution < 1.29 is 23.9 Å². The van der Waals surface area contributed by atoms with E-state index in [1.165, 1.54) is 6.92 Å². The number of carbonyl (C=O) groups is 3. The van der Waals surface area contributed by atoms with Crippen LogP contribution in [0.4, 0.5) is 4.79 Å². The number of thiazole rings is 1. The molecule has 8 heteroatoms. The van der Waals surface area contributed by atoms with Crippen LogP contribution in [0.1, 0.15) is 43.5 Å². The minimum absolute atomic E-state index is 0.0143. The van der Waals surface area contributed by atoms with Gasteiger partial charge in [-0.3, -0.25) is 14.9 Å². The van der Waals surface area contributed by atoms with Gasteiger partial charge in [0.25, 0.3) is 5.91 Å². The highest BCUT2D eigenvalue weighted by molar-refractivity contribution is 7.18. The zero-order chi connectivity index (χ0) is 19.4. The van der Waals surface area contributed by atoms with Gasteiger partial charge in [-0.2, -0.15) is 0 Å². The number of rotatable bonds is 4. The number of hydrogen-bond donors (Lipinski definition) is 1. The van der Waals surface area contributed by atoms with E-state index >= 15 is 0 Å². The smallest absolute Gasteiger partial charge is 0.413 e. The van der Waals surface area contributed by atoms with Gasteiger partial charge in [-0.1, -0.05) is 25.0 Å². The van der Waals surface area contributed by atoms with E-state index in [9.17, 15) is 14.4 Å². The number of nitrogens with zero attached hydrogens (tertiary/aromatic N) is 1. The lowest BCUT2D eigenvalue weighted by Crippen LogP contribution is -2.41. The van der Waals surface area contributed by atoms with Crippen molar-refractivity contribution in [3.05, 3.63) is 29.3 Å². The summed E-state index contributed by atoms with van der Waals surface area (Å²) in [6, 6.07) is 7.90. The van der Waals surface area contributed by atoms with Gasteiger partial charge in [0.2, 0.25) is 0 Å². The number of nitrogens with one attached hydrogen (secondary N) is 1. The number of alkyl carbamates (subject to hydrolysis) is 1. The van der Waals surface area contributed by atoms with Gasteiger partial charge in [0, 0.05) is 5.92 Å². The van der Waals surface area contributed by atoms with Gasteiger partial charge in [0.15, 0.2) is 6.10 Å². The summed E-state index contributed by atoms with van der Waals surface area (Å²) < 4.78 is 10.8. The topological polar surface area (TPSA) is 94.6 Å². The number of ether oxygens (including phenoxy) is 2. The number of esters is 1. The summed E-state index contributed by atoms with van der Waals surface area (Å²) >= 11 is 1.60. The molecule has 1 heterocycles. The monoisotopic (exact) mass is 390 g/mol. The summed E-state index contributed by atoms with van der Waals surface area (Å²) in [5, 5.41) is 2.95. The molecule has 27 heavy (non-hydrogen) atoms. The molecule has 0 bridgehead atoms.